The van der Waals surface area contributed by atoms with Crippen LogP contribution >= 0.6 is 34.5 Å². The van der Waals surface area contributed by atoms with Crippen molar-refractivity contribution in [3.63, 3.8) is 0 Å². The summed E-state index contributed by atoms with van der Waals surface area (Å²) in [5.41, 5.74) is 0.364. The lowest BCUT2D eigenvalue weighted by molar-refractivity contribution is -0.116. The van der Waals surface area contributed by atoms with E-state index in [2.05, 4.69) is 24.1 Å². The summed E-state index contributed by atoms with van der Waals surface area (Å²) in [5.74, 6) is -0.167. The number of thiazole rings is 1. The monoisotopic (exact) mass is 399 g/mol. The van der Waals surface area contributed by atoms with E-state index in [9.17, 15) is 9.59 Å². The summed E-state index contributed by atoms with van der Waals surface area (Å²) in [6.45, 7) is 4.53. The van der Waals surface area contributed by atoms with Gasteiger partial charge in [-0.15, -0.1) is 11.3 Å². The molecule has 0 radical (unpaired) electrons. The molecule has 0 bridgehead atoms. The summed E-state index contributed by atoms with van der Waals surface area (Å²) in [5, 5.41) is 5.73. The van der Waals surface area contributed by atoms with Crippen molar-refractivity contribution in [3.8, 4) is 0 Å². The smallest absolute Gasteiger partial charge is 0.254 e. The molecule has 2 amide bonds. The molecular formula is C17H19Cl2N3O2S. The Kier molecular flexibility index (Phi) is 7.23. The van der Waals surface area contributed by atoms with Crippen LogP contribution in [0.25, 0.3) is 0 Å². The molecular weight excluding hydrogens is 381 g/mol. The van der Waals surface area contributed by atoms with Crippen LogP contribution in [0, 0.1) is 5.92 Å². The highest BCUT2D eigenvalue weighted by Crippen LogP contribution is 2.21. The van der Waals surface area contributed by atoms with Gasteiger partial charge in [0, 0.05) is 33.7 Å². The number of nitrogens with zero attached hydrogens (tertiary/aromatic N) is 2. The maximum atomic E-state index is 12.8. The molecule has 1 aromatic carbocycles. The fourth-order valence-electron chi connectivity index (χ4n) is 2.14. The van der Waals surface area contributed by atoms with Crippen LogP contribution in [0.15, 0.2) is 29.8 Å². The minimum Gasteiger partial charge on any atom is -0.329 e. The topological polar surface area (TPSA) is 62.3 Å². The minimum absolute atomic E-state index is 0.0603. The summed E-state index contributed by atoms with van der Waals surface area (Å²) in [6.07, 6.45) is 2.39. The number of hydrogen-bond donors (Lipinski definition) is 1. The highest BCUT2D eigenvalue weighted by Gasteiger charge is 2.20. The zero-order valence-electron chi connectivity index (χ0n) is 14.0. The summed E-state index contributed by atoms with van der Waals surface area (Å²) >= 11 is 13.3. The molecule has 0 fully saturated rings. The number of nitrogens with one attached hydrogen (secondary N) is 1. The third-order valence-corrected chi connectivity index (χ3v) is 4.51. The van der Waals surface area contributed by atoms with Gasteiger partial charge in [0.25, 0.3) is 5.91 Å². The molecule has 0 aliphatic rings. The molecule has 0 atom stereocenters. The molecule has 1 aromatic heterocycles. The Balaban J connectivity index is 2.13. The zero-order chi connectivity index (χ0) is 18.4. The summed E-state index contributed by atoms with van der Waals surface area (Å²) in [4.78, 5) is 30.6. The Morgan fingerprint density at radius 1 is 1.24 bits per heavy atom. The van der Waals surface area contributed by atoms with Crippen LogP contribution in [0.5, 0.6) is 0 Å². The van der Waals surface area contributed by atoms with Gasteiger partial charge in [0.2, 0.25) is 5.91 Å². The van der Waals surface area contributed by atoms with Crippen LogP contribution in [0.3, 0.4) is 0 Å². The van der Waals surface area contributed by atoms with Gasteiger partial charge >= 0.3 is 0 Å². The molecule has 0 saturated heterocycles. The average molecular weight is 400 g/mol. The molecule has 0 saturated carbocycles. The van der Waals surface area contributed by atoms with Crippen molar-refractivity contribution < 1.29 is 9.59 Å². The lowest BCUT2D eigenvalue weighted by Crippen LogP contribution is -2.39. The van der Waals surface area contributed by atoms with Crippen LogP contribution in [-0.2, 0) is 4.79 Å². The highest BCUT2D eigenvalue weighted by molar-refractivity contribution is 7.13. The number of anilines is 1. The van der Waals surface area contributed by atoms with Crippen LogP contribution in [0.4, 0.5) is 5.13 Å². The summed E-state index contributed by atoms with van der Waals surface area (Å²) in [6, 6.07) is 4.67. The number of carbonyl (C=O) groups excluding carboxylic acids is 2. The number of rotatable bonds is 7. The first kappa shape index (κ1) is 19.7. The van der Waals surface area contributed by atoms with Crippen LogP contribution in [0.2, 0.25) is 10.0 Å². The van der Waals surface area contributed by atoms with E-state index in [0.717, 1.165) is 6.42 Å². The molecule has 0 aliphatic heterocycles. The standard InChI is InChI=1S/C17H19Cl2N3O2S/c1-11(2)3-5-22(10-15(23)21-17-20-4-6-25-17)16(24)12-7-13(18)9-14(19)8-12/h4,6-9,11H,3,5,10H2,1-2H3,(H,20,21,23). The fourth-order valence-corrected chi connectivity index (χ4v) is 3.21. The largest absolute Gasteiger partial charge is 0.329 e. The Hall–Kier alpha value is -1.63. The zero-order valence-corrected chi connectivity index (χ0v) is 16.3. The third-order valence-electron chi connectivity index (χ3n) is 3.39. The number of hydrogen-bond acceptors (Lipinski definition) is 4. The highest BCUT2D eigenvalue weighted by atomic mass is 35.5. The molecule has 2 aromatic rings. The molecule has 1 heterocycles. The maximum Gasteiger partial charge on any atom is 0.254 e. The first-order chi connectivity index (χ1) is 11.8. The molecule has 0 aliphatic carbocycles. The number of halogens is 2. The van der Waals surface area contributed by atoms with E-state index in [1.165, 1.54) is 16.2 Å². The second-order valence-corrected chi connectivity index (χ2v) is 7.72. The predicted molar refractivity (Wildman–Crippen MR) is 103 cm³/mol. The Morgan fingerprint density at radius 2 is 1.92 bits per heavy atom. The number of amides is 2. The van der Waals surface area contributed by atoms with E-state index in [1.54, 1.807) is 29.8 Å². The molecule has 0 spiro atoms. The Bertz CT molecular complexity index is 715. The molecule has 134 valence electrons. The van der Waals surface area contributed by atoms with E-state index >= 15 is 0 Å². The van der Waals surface area contributed by atoms with Crippen molar-refractivity contribution in [2.24, 2.45) is 5.92 Å². The van der Waals surface area contributed by atoms with Crippen molar-refractivity contribution in [3.05, 3.63) is 45.4 Å². The lowest BCUT2D eigenvalue weighted by atomic mass is 10.1. The number of aromatic nitrogens is 1. The quantitative estimate of drug-likeness (QED) is 0.740. The minimum atomic E-state index is -0.291. The molecule has 1 N–H and O–H groups in total. The van der Waals surface area contributed by atoms with Crippen LogP contribution in [-0.4, -0.2) is 34.8 Å². The average Bonchev–Trinajstić information content (AvgIpc) is 3.02. The third kappa shape index (κ3) is 6.30. The van der Waals surface area contributed by atoms with Crippen LogP contribution in [0.1, 0.15) is 30.6 Å². The van der Waals surface area contributed by atoms with Crippen molar-refractivity contribution in [1.29, 1.82) is 0 Å². The summed E-state index contributed by atoms with van der Waals surface area (Å²) < 4.78 is 0. The van der Waals surface area contributed by atoms with E-state index in [0.29, 0.717) is 33.2 Å². The Morgan fingerprint density at radius 3 is 2.48 bits per heavy atom. The SMILES string of the molecule is CC(C)CCN(CC(=O)Nc1nccs1)C(=O)c1cc(Cl)cc(Cl)c1. The van der Waals surface area contributed by atoms with Gasteiger partial charge in [0.05, 0.1) is 0 Å². The fraction of sp³-hybridized carbons (Fsp3) is 0.353. The van der Waals surface area contributed by atoms with E-state index in [4.69, 9.17) is 23.2 Å². The lowest BCUT2D eigenvalue weighted by Gasteiger charge is -2.23. The Labute approximate surface area is 161 Å². The summed E-state index contributed by atoms with van der Waals surface area (Å²) in [7, 11) is 0. The van der Waals surface area contributed by atoms with Crippen molar-refractivity contribution in [2.75, 3.05) is 18.4 Å². The number of carbonyl (C=O) groups is 2. The predicted octanol–water partition coefficient (Wildman–Crippen LogP) is 4.58. The van der Waals surface area contributed by atoms with Gasteiger partial charge in [0.1, 0.15) is 6.54 Å². The first-order valence-electron chi connectivity index (χ1n) is 7.80. The molecule has 0 unspecified atom stereocenters. The van der Waals surface area contributed by atoms with Gasteiger partial charge < -0.3 is 10.2 Å². The van der Waals surface area contributed by atoms with Gasteiger partial charge in [-0.1, -0.05) is 37.0 Å². The van der Waals surface area contributed by atoms with Gasteiger partial charge in [-0.05, 0) is 30.5 Å². The number of benzene rings is 1. The van der Waals surface area contributed by atoms with E-state index in [-0.39, 0.29) is 18.4 Å². The van der Waals surface area contributed by atoms with Gasteiger partial charge in [-0.25, -0.2) is 4.98 Å². The van der Waals surface area contributed by atoms with Crippen molar-refractivity contribution in [1.82, 2.24) is 9.88 Å². The van der Waals surface area contributed by atoms with E-state index < -0.39 is 0 Å². The first-order valence-corrected chi connectivity index (χ1v) is 9.43. The second-order valence-electron chi connectivity index (χ2n) is 5.95. The van der Waals surface area contributed by atoms with Crippen molar-refractivity contribution >= 4 is 51.5 Å². The molecule has 2 rings (SSSR count). The second kappa shape index (κ2) is 9.17. The van der Waals surface area contributed by atoms with Gasteiger partial charge in [0.15, 0.2) is 5.13 Å². The van der Waals surface area contributed by atoms with Gasteiger partial charge in [-0.3, -0.25) is 9.59 Å². The molecule has 25 heavy (non-hydrogen) atoms. The van der Waals surface area contributed by atoms with Crippen LogP contribution < -0.4 is 5.32 Å². The molecule has 5 nitrogen and oxygen atoms in total. The van der Waals surface area contributed by atoms with Crippen molar-refractivity contribution in [2.45, 2.75) is 20.3 Å². The van der Waals surface area contributed by atoms with Gasteiger partial charge in [-0.2, -0.15) is 0 Å². The molecule has 8 heteroatoms. The van der Waals surface area contributed by atoms with E-state index in [1.807, 2.05) is 0 Å². The normalized spacial score (nSPS) is 10.8. The maximum absolute atomic E-state index is 12.8.